The van der Waals surface area contributed by atoms with Crippen LogP contribution in [0.2, 0.25) is 0 Å². The van der Waals surface area contributed by atoms with Gasteiger partial charge in [-0.05, 0) is 46.5 Å². The molecule has 2 fully saturated rings. The Hall–Kier alpha value is -1.30. The number of ether oxygens (including phenoxy) is 1. The molecule has 1 aliphatic carbocycles. The van der Waals surface area contributed by atoms with Gasteiger partial charge in [-0.2, -0.15) is 0 Å². The molecule has 6 nitrogen and oxygen atoms in total. The Morgan fingerprint density at radius 2 is 1.58 bits per heavy atom. The van der Waals surface area contributed by atoms with Crippen LogP contribution >= 0.6 is 0 Å². The summed E-state index contributed by atoms with van der Waals surface area (Å²) in [5, 5.41) is 21.3. The van der Waals surface area contributed by atoms with Gasteiger partial charge in [0.1, 0.15) is 5.60 Å². The Morgan fingerprint density at radius 1 is 1.00 bits per heavy atom. The maximum atomic E-state index is 12.4. The molecule has 1 amide bonds. The number of amides is 1. The van der Waals surface area contributed by atoms with Crippen LogP contribution in [0.3, 0.4) is 0 Å². The van der Waals surface area contributed by atoms with Crippen LogP contribution in [0.5, 0.6) is 0 Å². The van der Waals surface area contributed by atoms with Crippen molar-refractivity contribution in [2.24, 2.45) is 5.41 Å². The first-order valence-corrected chi connectivity index (χ1v) is 9.03. The Morgan fingerprint density at radius 3 is 2.08 bits per heavy atom. The number of aliphatic hydroxyl groups is 1. The molecule has 138 valence electrons. The molecule has 1 saturated carbocycles. The van der Waals surface area contributed by atoms with E-state index in [1.54, 1.807) is 20.8 Å². The summed E-state index contributed by atoms with van der Waals surface area (Å²) in [6.07, 6.45) is 5.09. The summed E-state index contributed by atoms with van der Waals surface area (Å²) in [5.41, 5.74) is -3.16. The van der Waals surface area contributed by atoms with Crippen LogP contribution in [0.4, 0.5) is 4.79 Å². The maximum Gasteiger partial charge on any atom is 0.410 e. The number of aliphatic carboxylic acids is 1. The number of β-amino-alcohol motifs (C(OH)–C–C–N with tert-alkyl or cyclic N) is 1. The topological polar surface area (TPSA) is 87.1 Å². The highest BCUT2D eigenvalue weighted by Gasteiger charge is 2.57. The average Bonchev–Trinajstić information content (AvgIpc) is 2.72. The lowest BCUT2D eigenvalue weighted by molar-refractivity contribution is -0.181. The van der Waals surface area contributed by atoms with E-state index in [9.17, 15) is 19.8 Å². The van der Waals surface area contributed by atoms with Crippen LogP contribution in [0.25, 0.3) is 0 Å². The van der Waals surface area contributed by atoms with Crippen molar-refractivity contribution in [2.75, 3.05) is 13.1 Å². The molecule has 1 unspecified atom stereocenters. The summed E-state index contributed by atoms with van der Waals surface area (Å²) in [6.45, 7) is 5.92. The number of carbonyl (C=O) groups excluding carboxylic acids is 1. The van der Waals surface area contributed by atoms with Gasteiger partial charge < -0.3 is 19.8 Å². The minimum absolute atomic E-state index is 0.0359. The first-order chi connectivity index (χ1) is 11.1. The van der Waals surface area contributed by atoms with E-state index < -0.39 is 28.7 Å². The molecule has 0 aromatic rings. The molecular weight excluding hydrogens is 310 g/mol. The molecule has 6 heteroatoms. The monoisotopic (exact) mass is 341 g/mol. The van der Waals surface area contributed by atoms with Crippen molar-refractivity contribution in [3.8, 4) is 0 Å². The molecule has 2 aliphatic rings. The van der Waals surface area contributed by atoms with Crippen LogP contribution in [-0.4, -0.2) is 51.5 Å². The van der Waals surface area contributed by atoms with Crippen molar-refractivity contribution in [1.29, 1.82) is 0 Å². The number of carboxylic acid groups (broad SMARTS) is 1. The number of likely N-dealkylation sites (tertiary alicyclic amines) is 1. The van der Waals surface area contributed by atoms with E-state index in [0.717, 1.165) is 25.7 Å². The highest BCUT2D eigenvalue weighted by Crippen LogP contribution is 2.48. The van der Waals surface area contributed by atoms with Crippen LogP contribution < -0.4 is 0 Å². The largest absolute Gasteiger partial charge is 0.481 e. The molecule has 1 heterocycles. The molecule has 2 rings (SSSR count). The molecule has 0 radical (unpaired) electrons. The van der Waals surface area contributed by atoms with Gasteiger partial charge in [-0.15, -0.1) is 0 Å². The number of hydrogen-bond acceptors (Lipinski definition) is 4. The van der Waals surface area contributed by atoms with Gasteiger partial charge in [0.15, 0.2) is 0 Å². The second-order valence-corrected chi connectivity index (χ2v) is 8.34. The summed E-state index contributed by atoms with van der Waals surface area (Å²) >= 11 is 0. The number of carbonyl (C=O) groups is 2. The fourth-order valence-corrected chi connectivity index (χ4v) is 4.12. The minimum atomic E-state index is -1.39. The molecule has 0 spiro atoms. The van der Waals surface area contributed by atoms with Gasteiger partial charge in [-0.3, -0.25) is 4.79 Å². The second kappa shape index (κ2) is 6.90. The normalized spacial score (nSPS) is 28.1. The first-order valence-electron chi connectivity index (χ1n) is 9.03. The van der Waals surface area contributed by atoms with Crippen molar-refractivity contribution in [3.05, 3.63) is 0 Å². The summed E-state index contributed by atoms with van der Waals surface area (Å²) in [4.78, 5) is 26.0. The minimum Gasteiger partial charge on any atom is -0.481 e. The summed E-state index contributed by atoms with van der Waals surface area (Å²) in [7, 11) is 0. The highest BCUT2D eigenvalue weighted by atomic mass is 16.6. The van der Waals surface area contributed by atoms with E-state index >= 15 is 0 Å². The van der Waals surface area contributed by atoms with Crippen molar-refractivity contribution in [3.63, 3.8) is 0 Å². The number of rotatable bonds is 2. The molecule has 1 aliphatic heterocycles. The van der Waals surface area contributed by atoms with E-state index in [2.05, 4.69) is 0 Å². The Bertz CT molecular complexity index is 476. The number of hydrogen-bond donors (Lipinski definition) is 2. The SMILES string of the molecule is CC(C)(C)OC(=O)N1CCCC(O)(C2(C(=O)O)CCCCCC2)C1. The molecule has 0 bridgehead atoms. The zero-order chi connectivity index (χ0) is 18.0. The Labute approximate surface area is 144 Å². The molecular formula is C18H31NO5. The molecule has 0 aromatic carbocycles. The fourth-order valence-electron chi connectivity index (χ4n) is 4.12. The van der Waals surface area contributed by atoms with E-state index in [1.165, 1.54) is 4.90 Å². The van der Waals surface area contributed by atoms with Gasteiger partial charge in [0.25, 0.3) is 0 Å². The fraction of sp³-hybridized carbons (Fsp3) is 0.889. The van der Waals surface area contributed by atoms with E-state index in [1.807, 2.05) is 0 Å². The Balaban J connectivity index is 2.23. The van der Waals surface area contributed by atoms with Crippen molar-refractivity contribution in [1.82, 2.24) is 4.90 Å². The first kappa shape index (κ1) is 19.0. The quantitative estimate of drug-likeness (QED) is 0.753. The Kier molecular flexibility index (Phi) is 5.47. The van der Waals surface area contributed by atoms with Crippen LogP contribution in [0.15, 0.2) is 0 Å². The van der Waals surface area contributed by atoms with Gasteiger partial charge in [-0.25, -0.2) is 4.79 Å². The van der Waals surface area contributed by atoms with Gasteiger partial charge >= 0.3 is 12.1 Å². The second-order valence-electron chi connectivity index (χ2n) is 8.34. The predicted molar refractivity (Wildman–Crippen MR) is 89.8 cm³/mol. The molecule has 1 atom stereocenters. The van der Waals surface area contributed by atoms with Gasteiger partial charge in [0, 0.05) is 6.54 Å². The summed E-state index contributed by atoms with van der Waals surface area (Å²) in [5.74, 6) is -0.932. The van der Waals surface area contributed by atoms with Gasteiger partial charge in [0.2, 0.25) is 0 Å². The lowest BCUT2D eigenvalue weighted by Gasteiger charge is -2.49. The van der Waals surface area contributed by atoms with E-state index in [4.69, 9.17) is 4.74 Å². The van der Waals surface area contributed by atoms with E-state index in [-0.39, 0.29) is 6.54 Å². The third-order valence-corrected chi connectivity index (χ3v) is 5.38. The number of carboxylic acids is 1. The predicted octanol–water partition coefficient (Wildman–Crippen LogP) is 3.17. The summed E-state index contributed by atoms with van der Waals surface area (Å²) < 4.78 is 5.40. The number of nitrogens with zero attached hydrogens (tertiary/aromatic N) is 1. The third-order valence-electron chi connectivity index (χ3n) is 5.38. The lowest BCUT2D eigenvalue weighted by Crippen LogP contribution is -2.62. The van der Waals surface area contributed by atoms with Crippen molar-refractivity contribution < 1.29 is 24.5 Å². The molecule has 24 heavy (non-hydrogen) atoms. The van der Waals surface area contributed by atoms with Crippen LogP contribution in [-0.2, 0) is 9.53 Å². The maximum absolute atomic E-state index is 12.4. The third kappa shape index (κ3) is 3.85. The zero-order valence-corrected chi connectivity index (χ0v) is 15.1. The molecule has 0 aromatic heterocycles. The van der Waals surface area contributed by atoms with Crippen LogP contribution in [0, 0.1) is 5.41 Å². The summed E-state index contributed by atoms with van der Waals surface area (Å²) in [6, 6.07) is 0. The van der Waals surface area contributed by atoms with Crippen LogP contribution in [0.1, 0.15) is 72.1 Å². The zero-order valence-electron chi connectivity index (χ0n) is 15.1. The standard InChI is InChI=1S/C18H31NO5/c1-16(2,3)24-15(22)19-12-8-11-18(23,13-19)17(14(20)21)9-6-4-5-7-10-17/h23H,4-13H2,1-3H3,(H,20,21). The lowest BCUT2D eigenvalue weighted by atomic mass is 9.63. The van der Waals surface area contributed by atoms with Crippen molar-refractivity contribution in [2.45, 2.75) is 83.3 Å². The average molecular weight is 341 g/mol. The molecule has 2 N–H and O–H groups in total. The van der Waals surface area contributed by atoms with Gasteiger partial charge in [0.05, 0.1) is 17.6 Å². The number of piperidine rings is 1. The van der Waals surface area contributed by atoms with Crippen molar-refractivity contribution >= 4 is 12.1 Å². The van der Waals surface area contributed by atoms with Gasteiger partial charge in [-0.1, -0.05) is 25.7 Å². The smallest absolute Gasteiger partial charge is 0.410 e. The van der Waals surface area contributed by atoms with E-state index in [0.29, 0.717) is 32.2 Å². The highest BCUT2D eigenvalue weighted by molar-refractivity contribution is 5.77. The molecule has 1 saturated heterocycles.